The van der Waals surface area contributed by atoms with Gasteiger partial charge in [0.25, 0.3) is 0 Å². The molecule has 0 unspecified atom stereocenters. The molecule has 0 aliphatic heterocycles. The lowest BCUT2D eigenvalue weighted by atomic mass is 10.1. The van der Waals surface area contributed by atoms with Crippen molar-refractivity contribution in [3.05, 3.63) is 65.0 Å². The number of halogens is 1. The molecule has 5 heteroatoms. The van der Waals surface area contributed by atoms with Gasteiger partial charge in [-0.1, -0.05) is 17.7 Å². The van der Waals surface area contributed by atoms with E-state index < -0.39 is 5.82 Å². The van der Waals surface area contributed by atoms with Crippen LogP contribution in [0.15, 0.2) is 42.5 Å². The van der Waals surface area contributed by atoms with E-state index in [0.717, 1.165) is 11.1 Å². The van der Waals surface area contributed by atoms with Gasteiger partial charge < -0.3 is 14.4 Å². The fraction of sp³-hybridized carbons (Fsp3) is 0.250. The molecule has 132 valence electrons. The molecule has 0 radical (unpaired) electrons. The molecular formula is C20H22FNO3. The topological polar surface area (TPSA) is 38.8 Å². The minimum absolute atomic E-state index is 0.181. The number of likely N-dealkylation sites (N-methyl/N-ethyl adjacent to an activating group) is 1. The average Bonchev–Trinajstić information content (AvgIpc) is 2.59. The van der Waals surface area contributed by atoms with Crippen LogP contribution in [0.5, 0.6) is 11.5 Å². The van der Waals surface area contributed by atoms with E-state index in [0.29, 0.717) is 17.9 Å². The molecule has 0 saturated carbocycles. The summed E-state index contributed by atoms with van der Waals surface area (Å²) < 4.78 is 23.9. The summed E-state index contributed by atoms with van der Waals surface area (Å²) in [7, 11) is 4.68. The van der Waals surface area contributed by atoms with Crippen molar-refractivity contribution < 1.29 is 18.7 Å². The Labute approximate surface area is 147 Å². The molecule has 2 aromatic rings. The summed E-state index contributed by atoms with van der Waals surface area (Å²) in [6.45, 7) is 2.28. The predicted molar refractivity (Wildman–Crippen MR) is 96.2 cm³/mol. The number of nitrogens with zero attached hydrogens (tertiary/aromatic N) is 1. The van der Waals surface area contributed by atoms with Gasteiger partial charge in [0.15, 0.2) is 11.6 Å². The van der Waals surface area contributed by atoms with Gasteiger partial charge in [-0.3, -0.25) is 4.79 Å². The average molecular weight is 343 g/mol. The first-order valence-electron chi connectivity index (χ1n) is 7.85. The fourth-order valence-corrected chi connectivity index (χ4v) is 2.43. The molecule has 2 rings (SSSR count). The van der Waals surface area contributed by atoms with Crippen molar-refractivity contribution in [1.82, 2.24) is 4.90 Å². The van der Waals surface area contributed by atoms with Crippen molar-refractivity contribution in [3.8, 4) is 11.5 Å². The standard InChI is InChI=1S/C20H22FNO3/c1-14-5-8-18(24-3)16(11-14)7-10-20(23)22(2)13-15-6-9-19(25-4)17(21)12-15/h5-12H,13H2,1-4H3/b10-7+. The lowest BCUT2D eigenvalue weighted by Crippen LogP contribution is -2.24. The largest absolute Gasteiger partial charge is 0.496 e. The van der Waals surface area contributed by atoms with Gasteiger partial charge in [0, 0.05) is 25.2 Å². The molecule has 0 bridgehead atoms. The molecule has 25 heavy (non-hydrogen) atoms. The minimum atomic E-state index is -0.444. The zero-order valence-corrected chi connectivity index (χ0v) is 14.9. The molecule has 0 saturated heterocycles. The fourth-order valence-electron chi connectivity index (χ4n) is 2.43. The van der Waals surface area contributed by atoms with Crippen LogP contribution in [0.3, 0.4) is 0 Å². The van der Waals surface area contributed by atoms with Gasteiger partial charge in [-0.2, -0.15) is 0 Å². The Hall–Kier alpha value is -2.82. The molecule has 0 spiro atoms. The molecule has 0 aliphatic carbocycles. The Kier molecular flexibility index (Phi) is 6.17. The van der Waals surface area contributed by atoms with Crippen molar-refractivity contribution >= 4 is 12.0 Å². The second-order valence-corrected chi connectivity index (χ2v) is 5.74. The van der Waals surface area contributed by atoms with Crippen LogP contribution in [0, 0.1) is 12.7 Å². The molecule has 1 amide bonds. The first kappa shape index (κ1) is 18.5. The van der Waals surface area contributed by atoms with E-state index in [-0.39, 0.29) is 11.7 Å². The minimum Gasteiger partial charge on any atom is -0.496 e. The summed E-state index contributed by atoms with van der Waals surface area (Å²) in [5.74, 6) is 0.263. The summed E-state index contributed by atoms with van der Waals surface area (Å²) >= 11 is 0. The SMILES string of the molecule is COc1ccc(CN(C)C(=O)/C=C/c2cc(C)ccc2OC)cc1F. The number of benzene rings is 2. The van der Waals surface area contributed by atoms with Crippen LogP contribution in [-0.2, 0) is 11.3 Å². The number of hydrogen-bond donors (Lipinski definition) is 0. The number of methoxy groups -OCH3 is 2. The first-order valence-corrected chi connectivity index (χ1v) is 7.85. The number of hydrogen-bond acceptors (Lipinski definition) is 3. The van der Waals surface area contributed by atoms with Crippen LogP contribution in [0.25, 0.3) is 6.08 Å². The summed E-state index contributed by atoms with van der Waals surface area (Å²) in [4.78, 5) is 13.8. The molecule has 2 aromatic carbocycles. The van der Waals surface area contributed by atoms with E-state index in [1.807, 2.05) is 25.1 Å². The highest BCUT2D eigenvalue weighted by Gasteiger charge is 2.09. The summed E-state index contributed by atoms with van der Waals surface area (Å²) in [5, 5.41) is 0. The quantitative estimate of drug-likeness (QED) is 0.749. The van der Waals surface area contributed by atoms with Crippen molar-refractivity contribution in [2.75, 3.05) is 21.3 Å². The van der Waals surface area contributed by atoms with Gasteiger partial charge in [0.2, 0.25) is 5.91 Å². The number of amides is 1. The number of carbonyl (C=O) groups is 1. The molecule has 0 atom stereocenters. The maximum absolute atomic E-state index is 13.7. The third kappa shape index (κ3) is 4.83. The van der Waals surface area contributed by atoms with Crippen LogP contribution >= 0.6 is 0 Å². The third-order valence-electron chi connectivity index (χ3n) is 3.80. The van der Waals surface area contributed by atoms with Crippen molar-refractivity contribution in [2.24, 2.45) is 0 Å². The van der Waals surface area contributed by atoms with Gasteiger partial charge in [-0.15, -0.1) is 0 Å². The first-order chi connectivity index (χ1) is 11.9. The van der Waals surface area contributed by atoms with Gasteiger partial charge in [0.1, 0.15) is 5.75 Å². The van der Waals surface area contributed by atoms with Crippen molar-refractivity contribution in [2.45, 2.75) is 13.5 Å². The van der Waals surface area contributed by atoms with Crippen LogP contribution in [0.4, 0.5) is 4.39 Å². The Balaban J connectivity index is 2.07. The van der Waals surface area contributed by atoms with E-state index in [4.69, 9.17) is 9.47 Å². The molecule has 4 nitrogen and oxygen atoms in total. The molecule has 0 N–H and O–H groups in total. The van der Waals surface area contributed by atoms with Gasteiger partial charge in [-0.25, -0.2) is 4.39 Å². The normalized spacial score (nSPS) is 10.8. The summed E-state index contributed by atoms with van der Waals surface area (Å²) in [6.07, 6.45) is 3.20. The molecular weight excluding hydrogens is 321 g/mol. The van der Waals surface area contributed by atoms with E-state index in [2.05, 4.69) is 0 Å². The number of ether oxygens (including phenoxy) is 2. The number of aryl methyl sites for hydroxylation is 1. The number of rotatable bonds is 6. The van der Waals surface area contributed by atoms with Crippen LogP contribution < -0.4 is 9.47 Å². The zero-order chi connectivity index (χ0) is 18.4. The maximum Gasteiger partial charge on any atom is 0.246 e. The Morgan fingerprint density at radius 1 is 1.12 bits per heavy atom. The zero-order valence-electron chi connectivity index (χ0n) is 14.9. The maximum atomic E-state index is 13.7. The highest BCUT2D eigenvalue weighted by atomic mass is 19.1. The smallest absolute Gasteiger partial charge is 0.246 e. The lowest BCUT2D eigenvalue weighted by Gasteiger charge is -2.16. The van der Waals surface area contributed by atoms with E-state index in [1.54, 1.807) is 32.4 Å². The predicted octanol–water partition coefficient (Wildman–Crippen LogP) is 3.82. The second kappa shape index (κ2) is 8.33. The second-order valence-electron chi connectivity index (χ2n) is 5.74. The van der Waals surface area contributed by atoms with E-state index >= 15 is 0 Å². The van der Waals surface area contributed by atoms with Gasteiger partial charge >= 0.3 is 0 Å². The lowest BCUT2D eigenvalue weighted by molar-refractivity contribution is -0.125. The van der Waals surface area contributed by atoms with E-state index in [9.17, 15) is 9.18 Å². The third-order valence-corrected chi connectivity index (χ3v) is 3.80. The highest BCUT2D eigenvalue weighted by molar-refractivity contribution is 5.92. The molecule has 0 fully saturated rings. The van der Waals surface area contributed by atoms with Gasteiger partial charge in [-0.05, 0) is 42.8 Å². The Morgan fingerprint density at radius 2 is 1.80 bits per heavy atom. The molecule has 0 aliphatic rings. The van der Waals surface area contributed by atoms with Crippen LogP contribution in [0.2, 0.25) is 0 Å². The van der Waals surface area contributed by atoms with Crippen LogP contribution in [0.1, 0.15) is 16.7 Å². The molecule has 0 heterocycles. The van der Waals surface area contributed by atoms with Crippen LogP contribution in [-0.4, -0.2) is 32.1 Å². The molecule has 0 aromatic heterocycles. The van der Waals surface area contributed by atoms with E-state index in [1.165, 1.54) is 24.2 Å². The summed E-state index contributed by atoms with van der Waals surface area (Å²) in [5.41, 5.74) is 2.60. The number of carbonyl (C=O) groups excluding carboxylic acids is 1. The Bertz CT molecular complexity index is 787. The summed E-state index contributed by atoms with van der Waals surface area (Å²) in [6, 6.07) is 10.4. The van der Waals surface area contributed by atoms with Crippen molar-refractivity contribution in [3.63, 3.8) is 0 Å². The van der Waals surface area contributed by atoms with Gasteiger partial charge in [0.05, 0.1) is 14.2 Å². The Morgan fingerprint density at radius 3 is 2.44 bits per heavy atom. The highest BCUT2D eigenvalue weighted by Crippen LogP contribution is 2.21. The monoisotopic (exact) mass is 343 g/mol. The van der Waals surface area contributed by atoms with Crippen molar-refractivity contribution in [1.29, 1.82) is 0 Å².